The Bertz CT molecular complexity index is 824. The van der Waals surface area contributed by atoms with Crippen molar-refractivity contribution in [2.75, 3.05) is 7.11 Å². The van der Waals surface area contributed by atoms with E-state index in [0.717, 1.165) is 36.4 Å². The number of amides is 1. The van der Waals surface area contributed by atoms with Crippen molar-refractivity contribution in [2.45, 2.75) is 37.8 Å². The molecule has 4 rings (SSSR count). The van der Waals surface area contributed by atoms with Crippen LogP contribution < -0.4 is 10.1 Å². The summed E-state index contributed by atoms with van der Waals surface area (Å²) in [6.07, 6.45) is 3.13. The van der Waals surface area contributed by atoms with Crippen LogP contribution >= 0.6 is 12.2 Å². The van der Waals surface area contributed by atoms with Gasteiger partial charge in [-0.05, 0) is 49.0 Å². The lowest BCUT2D eigenvalue weighted by atomic mass is 10.1. The van der Waals surface area contributed by atoms with Gasteiger partial charge >= 0.3 is 0 Å². The molecule has 1 heterocycles. The smallest absolute Gasteiger partial charge is 0.224 e. The van der Waals surface area contributed by atoms with Gasteiger partial charge in [0.15, 0.2) is 10.6 Å². The highest BCUT2D eigenvalue weighted by molar-refractivity contribution is 7.71. The van der Waals surface area contributed by atoms with E-state index < -0.39 is 0 Å². The molecular weight excluding hydrogens is 324 g/mol. The summed E-state index contributed by atoms with van der Waals surface area (Å²) in [5.74, 6) is 1.99. The average molecular weight is 344 g/mol. The first kappa shape index (κ1) is 15.4. The van der Waals surface area contributed by atoms with E-state index in [1.807, 2.05) is 28.8 Å². The van der Waals surface area contributed by atoms with Gasteiger partial charge < -0.3 is 10.1 Å². The highest BCUT2D eigenvalue weighted by Crippen LogP contribution is 2.50. The average Bonchev–Trinajstić information content (AvgIpc) is 3.51. The minimum absolute atomic E-state index is 0.0117. The Morgan fingerprint density at radius 2 is 2.25 bits per heavy atom. The molecule has 2 aromatic rings. The van der Waals surface area contributed by atoms with Crippen LogP contribution in [-0.2, 0) is 11.3 Å². The maximum Gasteiger partial charge on any atom is 0.224 e. The van der Waals surface area contributed by atoms with Crippen LogP contribution in [0, 0.1) is 10.7 Å². The molecule has 7 heteroatoms. The molecule has 2 aliphatic carbocycles. The number of benzene rings is 1. The Kier molecular flexibility index (Phi) is 3.88. The number of carbonyl (C=O) groups is 1. The van der Waals surface area contributed by atoms with Crippen LogP contribution in [-0.4, -0.2) is 27.8 Å². The Hall–Kier alpha value is -2.15. The second kappa shape index (κ2) is 6.05. The summed E-state index contributed by atoms with van der Waals surface area (Å²) in [4.78, 5) is 12.4. The number of hydrogen-bond acceptors (Lipinski definition) is 4. The minimum atomic E-state index is 0.0117. The molecule has 1 amide bonds. The van der Waals surface area contributed by atoms with Crippen LogP contribution in [0.4, 0.5) is 0 Å². The van der Waals surface area contributed by atoms with Gasteiger partial charge in [-0.2, -0.15) is 5.10 Å². The number of aromatic nitrogens is 3. The molecule has 24 heavy (non-hydrogen) atoms. The van der Waals surface area contributed by atoms with Crippen LogP contribution in [0.3, 0.4) is 0 Å². The van der Waals surface area contributed by atoms with Crippen molar-refractivity contribution in [2.24, 2.45) is 5.92 Å². The summed E-state index contributed by atoms with van der Waals surface area (Å²) in [6, 6.07) is 8.36. The zero-order chi connectivity index (χ0) is 16.7. The van der Waals surface area contributed by atoms with E-state index in [9.17, 15) is 4.79 Å². The van der Waals surface area contributed by atoms with Gasteiger partial charge in [-0.15, -0.1) is 0 Å². The molecule has 0 unspecified atom stereocenters. The zero-order valence-corrected chi connectivity index (χ0v) is 14.3. The largest absolute Gasteiger partial charge is 0.496 e. The summed E-state index contributed by atoms with van der Waals surface area (Å²) in [5.41, 5.74) is 1.11. The molecule has 2 N–H and O–H groups in total. The monoisotopic (exact) mass is 344 g/mol. The molecule has 126 valence electrons. The summed E-state index contributed by atoms with van der Waals surface area (Å²) >= 11 is 5.26. The predicted molar refractivity (Wildman–Crippen MR) is 91.4 cm³/mol. The zero-order valence-electron chi connectivity index (χ0n) is 13.5. The normalized spacial score (nSPS) is 22.2. The summed E-state index contributed by atoms with van der Waals surface area (Å²) in [5, 5.41) is 10.1. The van der Waals surface area contributed by atoms with Crippen LogP contribution in [0.15, 0.2) is 24.3 Å². The second-order valence-corrected chi connectivity index (χ2v) is 6.84. The fraction of sp³-hybridized carbons (Fsp3) is 0.471. The van der Waals surface area contributed by atoms with E-state index in [1.165, 1.54) is 0 Å². The van der Waals surface area contributed by atoms with Crippen molar-refractivity contribution in [1.82, 2.24) is 20.1 Å². The second-order valence-electron chi connectivity index (χ2n) is 6.45. The summed E-state index contributed by atoms with van der Waals surface area (Å²) < 4.78 is 8.06. The maximum absolute atomic E-state index is 12.4. The first-order chi connectivity index (χ1) is 11.7. The highest BCUT2D eigenvalue weighted by Gasteiger charge is 2.45. The van der Waals surface area contributed by atoms with Crippen molar-refractivity contribution in [3.05, 3.63) is 40.4 Å². The number of methoxy groups -OCH3 is 1. The quantitative estimate of drug-likeness (QED) is 0.791. The van der Waals surface area contributed by atoms with Gasteiger partial charge in [-0.1, -0.05) is 18.2 Å². The molecule has 6 nitrogen and oxygen atoms in total. The molecule has 0 radical (unpaired) electrons. The lowest BCUT2D eigenvalue weighted by Gasteiger charge is -2.09. The Morgan fingerprint density at radius 3 is 3.00 bits per heavy atom. The lowest BCUT2D eigenvalue weighted by molar-refractivity contribution is -0.122. The molecule has 2 atom stereocenters. The standard InChI is InChI=1S/C17H20N4O2S/c1-23-14-5-3-2-4-11(14)12-8-13(12)16(22)18-9-15-19-20-17(24)21(15)10-6-7-10/h2-5,10,12-13H,6-9H2,1H3,(H,18,22)(H,20,24)/t12-,13+/m1/s1. The molecule has 1 aromatic heterocycles. The highest BCUT2D eigenvalue weighted by atomic mass is 32.1. The van der Waals surface area contributed by atoms with Gasteiger partial charge in [0, 0.05) is 12.0 Å². The number of nitrogens with zero attached hydrogens (tertiary/aromatic N) is 2. The molecular formula is C17H20N4O2S. The Labute approximate surface area is 145 Å². The number of nitrogens with one attached hydrogen (secondary N) is 2. The Morgan fingerprint density at radius 1 is 1.46 bits per heavy atom. The third-order valence-corrected chi connectivity index (χ3v) is 5.06. The van der Waals surface area contributed by atoms with Gasteiger partial charge in [-0.3, -0.25) is 14.5 Å². The molecule has 0 bridgehead atoms. The lowest BCUT2D eigenvalue weighted by Crippen LogP contribution is -2.26. The van der Waals surface area contributed by atoms with E-state index in [-0.39, 0.29) is 17.7 Å². The Balaban J connectivity index is 1.39. The number of aromatic amines is 1. The molecule has 2 aliphatic rings. The maximum atomic E-state index is 12.4. The van der Waals surface area contributed by atoms with Crippen molar-refractivity contribution >= 4 is 18.1 Å². The number of carbonyl (C=O) groups excluding carboxylic acids is 1. The van der Waals surface area contributed by atoms with Crippen LogP contribution in [0.1, 0.15) is 42.6 Å². The number of ether oxygens (including phenoxy) is 1. The fourth-order valence-corrected chi connectivity index (χ4v) is 3.57. The third-order valence-electron chi connectivity index (χ3n) is 4.78. The number of hydrogen-bond donors (Lipinski definition) is 2. The van der Waals surface area contributed by atoms with E-state index in [4.69, 9.17) is 17.0 Å². The SMILES string of the molecule is COc1ccccc1[C@H]1C[C@@H]1C(=O)NCc1n[nH]c(=S)n1C1CC1. The van der Waals surface area contributed by atoms with Gasteiger partial charge in [0.25, 0.3) is 0 Å². The van der Waals surface area contributed by atoms with Crippen LogP contribution in [0.25, 0.3) is 0 Å². The minimum Gasteiger partial charge on any atom is -0.496 e. The van der Waals surface area contributed by atoms with Crippen molar-refractivity contribution < 1.29 is 9.53 Å². The first-order valence-corrected chi connectivity index (χ1v) is 8.66. The summed E-state index contributed by atoms with van der Waals surface area (Å²) in [6.45, 7) is 0.414. The summed E-state index contributed by atoms with van der Waals surface area (Å²) in [7, 11) is 1.66. The molecule has 1 aromatic carbocycles. The molecule has 2 fully saturated rings. The van der Waals surface area contributed by atoms with Gasteiger partial charge in [0.2, 0.25) is 5.91 Å². The molecule has 0 saturated heterocycles. The fourth-order valence-electron chi connectivity index (χ4n) is 3.27. The molecule has 0 aliphatic heterocycles. The van der Waals surface area contributed by atoms with E-state index in [1.54, 1.807) is 7.11 Å². The molecule has 2 saturated carbocycles. The van der Waals surface area contributed by atoms with Crippen molar-refractivity contribution in [3.8, 4) is 5.75 Å². The third kappa shape index (κ3) is 2.84. The van der Waals surface area contributed by atoms with Gasteiger partial charge in [0.1, 0.15) is 5.75 Å². The van der Waals surface area contributed by atoms with E-state index in [2.05, 4.69) is 15.5 Å². The number of para-hydroxylation sites is 1. The predicted octanol–water partition coefficient (Wildman–Crippen LogP) is 2.70. The first-order valence-electron chi connectivity index (χ1n) is 8.25. The van der Waals surface area contributed by atoms with E-state index in [0.29, 0.717) is 17.4 Å². The van der Waals surface area contributed by atoms with E-state index >= 15 is 0 Å². The topological polar surface area (TPSA) is 71.9 Å². The number of rotatable bonds is 6. The van der Waals surface area contributed by atoms with Crippen molar-refractivity contribution in [1.29, 1.82) is 0 Å². The van der Waals surface area contributed by atoms with Gasteiger partial charge in [-0.25, -0.2) is 0 Å². The molecule has 0 spiro atoms. The van der Waals surface area contributed by atoms with Crippen LogP contribution in [0.2, 0.25) is 0 Å². The van der Waals surface area contributed by atoms with Crippen LogP contribution in [0.5, 0.6) is 5.75 Å². The van der Waals surface area contributed by atoms with Crippen molar-refractivity contribution in [3.63, 3.8) is 0 Å². The van der Waals surface area contributed by atoms with Gasteiger partial charge in [0.05, 0.1) is 13.7 Å². The number of H-pyrrole nitrogens is 1.